The lowest BCUT2D eigenvalue weighted by Gasteiger charge is -2.48. The molecule has 0 bridgehead atoms. The molecule has 1 saturated carbocycles. The normalized spacial score (nSPS) is 22.8. The summed E-state index contributed by atoms with van der Waals surface area (Å²) in [7, 11) is 0. The zero-order chi connectivity index (χ0) is 46.2. The molecule has 3 atom stereocenters. The molecule has 6 heterocycles. The lowest BCUT2D eigenvalue weighted by atomic mass is 9.79. The molecular weight excluding hydrogens is 861 g/mol. The van der Waals surface area contributed by atoms with E-state index in [9.17, 15) is 33.6 Å². The van der Waals surface area contributed by atoms with Crippen LogP contribution in [-0.2, 0) is 41.9 Å². The summed E-state index contributed by atoms with van der Waals surface area (Å²) in [6.45, 7) is 6.80. The third-order valence-corrected chi connectivity index (χ3v) is 15.0. The van der Waals surface area contributed by atoms with E-state index < -0.39 is 11.9 Å². The number of carbonyl (C=O) groups excluding carboxylic acids is 7. The van der Waals surface area contributed by atoms with E-state index in [-0.39, 0.29) is 77.7 Å². The van der Waals surface area contributed by atoms with Crippen LogP contribution in [0.25, 0.3) is 0 Å². The van der Waals surface area contributed by atoms with Crippen molar-refractivity contribution in [2.24, 2.45) is 23.0 Å². The number of anilines is 2. The van der Waals surface area contributed by atoms with Crippen LogP contribution >= 0.6 is 11.8 Å². The number of likely N-dealkylation sites (tertiary alicyclic amines) is 2. The van der Waals surface area contributed by atoms with Crippen molar-refractivity contribution in [3.05, 3.63) is 71.5 Å². The Balaban J connectivity index is 0.634. The molecular formula is C48H58N10O7S. The third-order valence-electron chi connectivity index (χ3n) is 14.1. The number of carbonyl (C=O) groups is 7. The number of nitrogens with zero attached hydrogens (tertiary/aromatic N) is 6. The Kier molecular flexibility index (Phi) is 12.9. The number of aromatic nitrogens is 2. The molecule has 5 fully saturated rings. The summed E-state index contributed by atoms with van der Waals surface area (Å²) in [4.78, 5) is 107. The molecule has 7 amide bonds. The van der Waals surface area contributed by atoms with Gasteiger partial charge in [0.25, 0.3) is 5.91 Å². The van der Waals surface area contributed by atoms with Crippen molar-refractivity contribution >= 4 is 64.6 Å². The number of rotatable bonds is 15. The fourth-order valence-electron chi connectivity index (χ4n) is 10.0. The zero-order valence-corrected chi connectivity index (χ0v) is 38.2. The van der Waals surface area contributed by atoms with Gasteiger partial charge in [0.05, 0.1) is 24.2 Å². The minimum atomic E-state index is -0.689. The molecule has 4 saturated heterocycles. The zero-order valence-electron chi connectivity index (χ0n) is 37.4. The predicted octanol–water partition coefficient (Wildman–Crippen LogP) is 3.61. The fourth-order valence-corrected chi connectivity index (χ4v) is 10.8. The van der Waals surface area contributed by atoms with Crippen molar-refractivity contribution in [3.63, 3.8) is 0 Å². The molecule has 2 aromatic carbocycles. The standard InChI is InChI=1S/C48H58N10O7S/c1-47(49)14-17-55(18-15-47)38-24-51-41(25-50-38)66-33-7-5-6-32(21-33)53-39(59)8-3-2-4-9-42(61)57-28-48(29-57)16-19-56(27-48)45(64)36-22-35(36)43(62)52-23-30-10-11-34-31(20-30)26-58(46(34)65)37-12-13-40(60)54-44(37)63/h5-7,10-11,20-21,24-25,35-37H,2-4,8-9,12-19,22-23,26-29,49H2,1H3,(H,52,62)(H,53,59)(H,54,60,63)/t35-,36-,37?/m1/s1. The van der Waals surface area contributed by atoms with Gasteiger partial charge in [-0.05, 0) is 87.3 Å². The van der Waals surface area contributed by atoms with Gasteiger partial charge in [-0.3, -0.25) is 38.9 Å². The molecule has 6 aliphatic rings. The van der Waals surface area contributed by atoms with Crippen LogP contribution in [0.2, 0.25) is 0 Å². The van der Waals surface area contributed by atoms with Crippen LogP contribution < -0.4 is 26.6 Å². The third kappa shape index (κ3) is 10.2. The van der Waals surface area contributed by atoms with Gasteiger partial charge in [0.2, 0.25) is 35.4 Å². The summed E-state index contributed by atoms with van der Waals surface area (Å²) in [6, 6.07) is 12.3. The molecule has 18 heteroatoms. The maximum atomic E-state index is 13.4. The molecule has 66 heavy (non-hydrogen) atoms. The molecule has 1 aliphatic carbocycles. The topological polar surface area (TPSA) is 220 Å². The SMILES string of the molecule is CC1(N)CCN(c2cnc(Sc3cccc(NC(=O)CCCCCC(=O)N4CC5(CCN(C(=O)[C@@H]6C[C@H]6C(=O)NCc6ccc7c(c6)CN(C6CCC(=O)NC6=O)C7=O)C5)C4)c3)cn2)CC1. The van der Waals surface area contributed by atoms with Gasteiger partial charge in [-0.25, -0.2) is 9.97 Å². The average molecular weight is 919 g/mol. The molecule has 1 aromatic heterocycles. The highest BCUT2D eigenvalue weighted by Gasteiger charge is 2.55. The van der Waals surface area contributed by atoms with Gasteiger partial charge in [0.1, 0.15) is 16.9 Å². The van der Waals surface area contributed by atoms with Crippen molar-refractivity contribution in [1.82, 2.24) is 35.3 Å². The largest absolute Gasteiger partial charge is 0.355 e. The highest BCUT2D eigenvalue weighted by atomic mass is 32.2. The highest BCUT2D eigenvalue weighted by molar-refractivity contribution is 7.99. The summed E-state index contributed by atoms with van der Waals surface area (Å²) in [5.41, 5.74) is 8.87. The van der Waals surface area contributed by atoms with E-state index in [1.54, 1.807) is 24.5 Å². The Labute approximate surface area is 388 Å². The van der Waals surface area contributed by atoms with Gasteiger partial charge in [-0.2, -0.15) is 0 Å². The molecule has 5 aliphatic heterocycles. The summed E-state index contributed by atoms with van der Waals surface area (Å²) in [5, 5.41) is 9.04. The average Bonchev–Trinajstić information content (AvgIpc) is 3.85. The van der Waals surface area contributed by atoms with Gasteiger partial charge in [0, 0.05) is 98.7 Å². The number of hydrogen-bond donors (Lipinski definition) is 4. The predicted molar refractivity (Wildman–Crippen MR) is 244 cm³/mol. The molecule has 1 spiro atoms. The van der Waals surface area contributed by atoms with E-state index in [0.29, 0.717) is 70.3 Å². The molecule has 9 rings (SSSR count). The second-order valence-electron chi connectivity index (χ2n) is 19.4. The van der Waals surface area contributed by atoms with E-state index in [4.69, 9.17) is 5.73 Å². The molecule has 3 aromatic rings. The molecule has 17 nitrogen and oxygen atoms in total. The lowest BCUT2D eigenvalue weighted by Crippen LogP contribution is -2.59. The maximum absolute atomic E-state index is 13.4. The van der Waals surface area contributed by atoms with Crippen molar-refractivity contribution in [2.45, 2.75) is 112 Å². The van der Waals surface area contributed by atoms with Crippen LogP contribution in [0.15, 0.2) is 64.8 Å². The first kappa shape index (κ1) is 45.3. The fraction of sp³-hybridized carbons (Fsp3) is 0.521. The second-order valence-corrected chi connectivity index (χ2v) is 20.5. The second kappa shape index (κ2) is 18.8. The summed E-state index contributed by atoms with van der Waals surface area (Å²) < 4.78 is 0. The van der Waals surface area contributed by atoms with Crippen LogP contribution in [0.5, 0.6) is 0 Å². The van der Waals surface area contributed by atoms with Gasteiger partial charge in [-0.15, -0.1) is 0 Å². The number of nitrogens with one attached hydrogen (secondary N) is 3. The monoisotopic (exact) mass is 918 g/mol. The Morgan fingerprint density at radius 3 is 2.45 bits per heavy atom. The smallest absolute Gasteiger partial charge is 0.255 e. The summed E-state index contributed by atoms with van der Waals surface area (Å²) >= 11 is 1.49. The van der Waals surface area contributed by atoms with Crippen LogP contribution in [-0.4, -0.2) is 117 Å². The molecule has 5 N–H and O–H groups in total. The van der Waals surface area contributed by atoms with E-state index in [2.05, 4.69) is 37.7 Å². The number of benzene rings is 2. The van der Waals surface area contributed by atoms with Crippen LogP contribution in [0.4, 0.5) is 11.5 Å². The number of piperidine rings is 2. The molecule has 1 unspecified atom stereocenters. The Hall–Kier alpha value is -5.88. The highest BCUT2D eigenvalue weighted by Crippen LogP contribution is 2.45. The van der Waals surface area contributed by atoms with E-state index in [1.807, 2.05) is 40.1 Å². The maximum Gasteiger partial charge on any atom is 0.255 e. The van der Waals surface area contributed by atoms with Crippen molar-refractivity contribution in [2.75, 3.05) is 49.5 Å². The quantitative estimate of drug-likeness (QED) is 0.127. The Morgan fingerprint density at radius 1 is 0.894 bits per heavy atom. The first-order chi connectivity index (χ1) is 31.7. The Bertz CT molecular complexity index is 2410. The molecule has 0 radical (unpaired) electrons. The first-order valence-electron chi connectivity index (χ1n) is 23.3. The summed E-state index contributed by atoms with van der Waals surface area (Å²) in [6.07, 6.45) is 10.2. The number of imide groups is 1. The molecule has 348 valence electrons. The number of nitrogens with two attached hydrogens (primary N) is 1. The van der Waals surface area contributed by atoms with Crippen LogP contribution in [0.1, 0.15) is 99.0 Å². The van der Waals surface area contributed by atoms with Crippen molar-refractivity contribution < 1.29 is 33.6 Å². The van der Waals surface area contributed by atoms with Gasteiger partial charge in [0.15, 0.2) is 0 Å². The van der Waals surface area contributed by atoms with Crippen LogP contribution in [0.3, 0.4) is 0 Å². The van der Waals surface area contributed by atoms with E-state index >= 15 is 0 Å². The number of hydrogen-bond acceptors (Lipinski definition) is 12. The van der Waals surface area contributed by atoms with Crippen LogP contribution in [0, 0.1) is 17.3 Å². The van der Waals surface area contributed by atoms with Crippen molar-refractivity contribution in [1.29, 1.82) is 0 Å². The minimum Gasteiger partial charge on any atom is -0.355 e. The first-order valence-corrected chi connectivity index (χ1v) is 24.1. The van der Waals surface area contributed by atoms with Gasteiger partial charge in [-0.1, -0.05) is 36.4 Å². The Morgan fingerprint density at radius 2 is 1.68 bits per heavy atom. The van der Waals surface area contributed by atoms with Crippen molar-refractivity contribution in [3.8, 4) is 0 Å². The minimum absolute atomic E-state index is 0.00188. The van der Waals surface area contributed by atoms with E-state index in [1.165, 1.54) is 16.7 Å². The van der Waals surface area contributed by atoms with Gasteiger partial charge < -0.3 is 36.0 Å². The number of amides is 7. The number of unbranched alkanes of at least 4 members (excludes halogenated alkanes) is 2. The number of fused-ring (bicyclic) bond motifs is 1. The summed E-state index contributed by atoms with van der Waals surface area (Å²) in [5.74, 6) is -1.04. The lowest BCUT2D eigenvalue weighted by molar-refractivity contribution is -0.144. The van der Waals surface area contributed by atoms with E-state index in [0.717, 1.165) is 71.3 Å². The van der Waals surface area contributed by atoms with Gasteiger partial charge >= 0.3 is 0 Å².